The maximum Gasteiger partial charge on any atom is 0.412 e. The van der Waals surface area contributed by atoms with Gasteiger partial charge in [0.15, 0.2) is 0 Å². The number of rotatable bonds is 12. The largest absolute Gasteiger partial charge is 0.444 e. The van der Waals surface area contributed by atoms with E-state index in [-0.39, 0.29) is 43.7 Å². The Hall–Kier alpha value is -2.73. The van der Waals surface area contributed by atoms with Crippen LogP contribution in [-0.4, -0.2) is 80.6 Å². The summed E-state index contributed by atoms with van der Waals surface area (Å²) in [5.41, 5.74) is 6.05. The van der Waals surface area contributed by atoms with Crippen LogP contribution in [0.3, 0.4) is 0 Å². The number of nitrogens with two attached hydrogens (primary N) is 1. The van der Waals surface area contributed by atoms with E-state index in [1.165, 1.54) is 0 Å². The number of nitrogens with one attached hydrogen (secondary N) is 3. The fourth-order valence-electron chi connectivity index (χ4n) is 4.34. The van der Waals surface area contributed by atoms with Gasteiger partial charge in [-0.3, -0.25) is 14.9 Å². The van der Waals surface area contributed by atoms with Gasteiger partial charge in [0.25, 0.3) is 0 Å². The summed E-state index contributed by atoms with van der Waals surface area (Å²) in [5.74, 6) is -0.501. The number of methoxy groups -OCH3 is 1. The highest BCUT2D eigenvalue weighted by Crippen LogP contribution is 2.25. The van der Waals surface area contributed by atoms with Crippen LogP contribution in [0, 0.1) is 0 Å². The van der Waals surface area contributed by atoms with Crippen LogP contribution in [0.2, 0.25) is 0 Å². The number of carbonyl (C=O) groups is 3. The highest BCUT2D eigenvalue weighted by Gasteiger charge is 2.32. The van der Waals surface area contributed by atoms with Crippen LogP contribution in [-0.2, 0) is 23.8 Å². The van der Waals surface area contributed by atoms with Crippen LogP contribution in [0.1, 0.15) is 58.6 Å². The van der Waals surface area contributed by atoms with Gasteiger partial charge in [0.2, 0.25) is 11.8 Å². The topological polar surface area (TPSA) is 144 Å². The van der Waals surface area contributed by atoms with E-state index >= 15 is 0 Å². The van der Waals surface area contributed by atoms with E-state index in [2.05, 4.69) is 20.9 Å². The summed E-state index contributed by atoms with van der Waals surface area (Å²) < 4.78 is 16.9. The first kappa shape index (κ1) is 30.5. The second-order valence-corrected chi connectivity index (χ2v) is 10.3. The van der Waals surface area contributed by atoms with E-state index in [1.807, 2.05) is 14.0 Å². The van der Waals surface area contributed by atoms with Crippen molar-refractivity contribution in [2.75, 3.05) is 39.3 Å². The molecule has 1 heterocycles. The first-order valence-electron chi connectivity index (χ1n) is 12.6. The first-order valence-corrected chi connectivity index (χ1v) is 12.6. The second-order valence-electron chi connectivity index (χ2n) is 10.3. The zero-order valence-corrected chi connectivity index (χ0v) is 22.8. The van der Waals surface area contributed by atoms with Crippen molar-refractivity contribution >= 4 is 23.6 Å². The Labute approximate surface area is 219 Å². The molecule has 0 saturated carbocycles. The maximum atomic E-state index is 12.9. The summed E-state index contributed by atoms with van der Waals surface area (Å²) in [4.78, 5) is 38.8. The number of nitrogens with zero attached hydrogens (tertiary/aromatic N) is 1. The predicted molar refractivity (Wildman–Crippen MR) is 141 cm³/mol. The van der Waals surface area contributed by atoms with Gasteiger partial charge in [-0.15, -0.1) is 0 Å². The van der Waals surface area contributed by atoms with Gasteiger partial charge < -0.3 is 35.5 Å². The van der Waals surface area contributed by atoms with Crippen molar-refractivity contribution in [1.29, 1.82) is 0 Å². The Morgan fingerprint density at radius 3 is 2.38 bits per heavy atom. The van der Waals surface area contributed by atoms with Crippen molar-refractivity contribution < 1.29 is 28.6 Å². The van der Waals surface area contributed by atoms with Gasteiger partial charge in [0.05, 0.1) is 25.1 Å². The molecule has 1 fully saturated rings. The van der Waals surface area contributed by atoms with Gasteiger partial charge in [-0.05, 0) is 71.8 Å². The Morgan fingerprint density at radius 2 is 1.84 bits per heavy atom. The van der Waals surface area contributed by atoms with Crippen molar-refractivity contribution in [3.8, 4) is 0 Å². The molecule has 1 aromatic carbocycles. The lowest BCUT2D eigenvalue weighted by Crippen LogP contribution is -2.44. The number of hydrogen-bond acceptors (Lipinski definition) is 8. The minimum Gasteiger partial charge on any atom is -0.444 e. The van der Waals surface area contributed by atoms with E-state index < -0.39 is 23.8 Å². The second kappa shape index (κ2) is 14.3. The predicted octanol–water partition coefficient (Wildman–Crippen LogP) is 2.13. The Kier molecular flexibility index (Phi) is 11.8. The van der Waals surface area contributed by atoms with Gasteiger partial charge in [0.1, 0.15) is 18.4 Å². The average Bonchev–Trinajstić information content (AvgIpc) is 3.25. The van der Waals surface area contributed by atoms with E-state index in [9.17, 15) is 14.4 Å². The van der Waals surface area contributed by atoms with Crippen molar-refractivity contribution in [1.82, 2.24) is 15.5 Å². The molecule has 2 rings (SSSR count). The van der Waals surface area contributed by atoms with Crippen molar-refractivity contribution in [2.24, 2.45) is 5.73 Å². The van der Waals surface area contributed by atoms with Crippen LogP contribution in [0.15, 0.2) is 24.3 Å². The molecule has 208 valence electrons. The van der Waals surface area contributed by atoms with Crippen LogP contribution in [0.4, 0.5) is 10.5 Å². The van der Waals surface area contributed by atoms with Crippen molar-refractivity contribution in [2.45, 2.75) is 76.9 Å². The maximum absolute atomic E-state index is 12.9. The summed E-state index contributed by atoms with van der Waals surface area (Å²) in [7, 11) is 3.68. The van der Waals surface area contributed by atoms with Gasteiger partial charge >= 0.3 is 6.09 Å². The summed E-state index contributed by atoms with van der Waals surface area (Å²) in [5, 5.41) is 8.29. The minimum atomic E-state index is -0.612. The molecule has 1 aliphatic heterocycles. The van der Waals surface area contributed by atoms with Crippen molar-refractivity contribution in [3.63, 3.8) is 0 Å². The number of hydrogen-bond donors (Lipinski definition) is 4. The molecular weight excluding hydrogens is 478 g/mol. The number of ether oxygens (including phenoxy) is 3. The molecule has 0 spiro atoms. The van der Waals surface area contributed by atoms with E-state index in [0.29, 0.717) is 5.69 Å². The van der Waals surface area contributed by atoms with Crippen molar-refractivity contribution in [3.05, 3.63) is 29.8 Å². The van der Waals surface area contributed by atoms with Crippen LogP contribution in [0.25, 0.3) is 0 Å². The van der Waals surface area contributed by atoms with Gasteiger partial charge in [0, 0.05) is 18.8 Å². The van der Waals surface area contributed by atoms with Gasteiger partial charge in [-0.25, -0.2) is 4.79 Å². The standard InChI is InChI=1S/C26H43N5O6/c1-17(29-22(32)14-21(35-6)20-8-7-13-31(20)5)24(36-16-28-23(33)15-27)18-9-11-19(12-10-18)30-25(34)37-26(2,3)4/h9-12,17,20-21,24H,7-8,13-16,27H2,1-6H3,(H,28,33)(H,29,32)(H,30,34)/t17-,20?,21?,24?/m1/s1. The molecule has 11 nitrogen and oxygen atoms in total. The smallest absolute Gasteiger partial charge is 0.412 e. The zero-order valence-electron chi connectivity index (χ0n) is 22.8. The Balaban J connectivity index is 2.07. The summed E-state index contributed by atoms with van der Waals surface area (Å²) >= 11 is 0. The summed E-state index contributed by atoms with van der Waals surface area (Å²) in [6, 6.07) is 6.80. The molecule has 5 N–H and O–H groups in total. The first-order chi connectivity index (χ1) is 17.4. The lowest BCUT2D eigenvalue weighted by molar-refractivity contribution is -0.127. The van der Waals surface area contributed by atoms with Crippen LogP contribution >= 0.6 is 0 Å². The zero-order chi connectivity index (χ0) is 27.6. The SMILES string of the molecule is COC(CC(=O)N[C@H](C)C(OCNC(=O)CN)c1ccc(NC(=O)OC(C)(C)C)cc1)C1CCCN1C. The van der Waals surface area contributed by atoms with Crippen LogP contribution in [0.5, 0.6) is 0 Å². The number of likely N-dealkylation sites (tertiary alicyclic amines) is 1. The molecule has 0 aliphatic carbocycles. The molecule has 11 heteroatoms. The third-order valence-electron chi connectivity index (χ3n) is 6.14. The normalized spacial score (nSPS) is 18.5. The molecule has 37 heavy (non-hydrogen) atoms. The molecule has 4 atom stereocenters. The van der Waals surface area contributed by atoms with E-state index in [0.717, 1.165) is 24.9 Å². The third-order valence-corrected chi connectivity index (χ3v) is 6.14. The highest BCUT2D eigenvalue weighted by molar-refractivity contribution is 5.84. The molecule has 0 radical (unpaired) electrons. The molecule has 1 aromatic rings. The number of amides is 3. The Morgan fingerprint density at radius 1 is 1.16 bits per heavy atom. The molecule has 1 aliphatic rings. The number of anilines is 1. The molecule has 0 aromatic heterocycles. The molecule has 3 amide bonds. The fraction of sp³-hybridized carbons (Fsp3) is 0.654. The quantitative estimate of drug-likeness (QED) is 0.306. The van der Waals surface area contributed by atoms with Crippen LogP contribution < -0.4 is 21.7 Å². The highest BCUT2D eigenvalue weighted by atomic mass is 16.6. The molecule has 3 unspecified atom stereocenters. The number of benzene rings is 1. The molecule has 0 bridgehead atoms. The number of likely N-dealkylation sites (N-methyl/N-ethyl adjacent to an activating group) is 1. The molecular formula is C26H43N5O6. The fourth-order valence-corrected chi connectivity index (χ4v) is 4.34. The molecule has 1 saturated heterocycles. The number of carbonyl (C=O) groups excluding carboxylic acids is 3. The lowest BCUT2D eigenvalue weighted by Gasteiger charge is -2.29. The van der Waals surface area contributed by atoms with Gasteiger partial charge in [-0.2, -0.15) is 0 Å². The average molecular weight is 522 g/mol. The lowest BCUT2D eigenvalue weighted by atomic mass is 10.0. The summed E-state index contributed by atoms with van der Waals surface area (Å²) in [6.07, 6.45) is 0.967. The van der Waals surface area contributed by atoms with E-state index in [1.54, 1.807) is 52.1 Å². The minimum absolute atomic E-state index is 0.0770. The Bertz CT molecular complexity index is 888. The van der Waals surface area contributed by atoms with Gasteiger partial charge in [-0.1, -0.05) is 12.1 Å². The van der Waals surface area contributed by atoms with E-state index in [4.69, 9.17) is 19.9 Å². The summed E-state index contributed by atoms with van der Waals surface area (Å²) in [6.45, 7) is 7.97. The third kappa shape index (κ3) is 10.3. The monoisotopic (exact) mass is 521 g/mol.